The fourth-order valence-electron chi connectivity index (χ4n) is 3.24. The first kappa shape index (κ1) is 19.9. The van der Waals surface area contributed by atoms with Crippen LogP contribution in [0.25, 0.3) is 0 Å². The zero-order chi connectivity index (χ0) is 20.1. The molecule has 146 valence electrons. The van der Waals surface area contributed by atoms with Gasteiger partial charge in [0, 0.05) is 36.3 Å². The van der Waals surface area contributed by atoms with E-state index in [1.54, 1.807) is 41.3 Å². The smallest absolute Gasteiger partial charge is 0.227 e. The van der Waals surface area contributed by atoms with Crippen molar-refractivity contribution in [3.8, 4) is 0 Å². The Morgan fingerprint density at radius 2 is 1.79 bits per heavy atom. The van der Waals surface area contributed by atoms with Gasteiger partial charge in [0.2, 0.25) is 17.7 Å². The molecule has 28 heavy (non-hydrogen) atoms. The second kappa shape index (κ2) is 8.89. The first-order valence-corrected chi connectivity index (χ1v) is 9.53. The maximum absolute atomic E-state index is 12.5. The number of halogens is 1. The Hall–Kier alpha value is -2.86. The standard InChI is InChI=1S/C21H22ClN3O3/c1-14(26)23-19(15-4-6-16(22)7-5-15)13-20(27)24-17-8-10-18(11-9-17)25-12-2-3-21(25)28/h4-11,19H,2-3,12-13H2,1H3,(H,23,26)(H,24,27). The molecule has 0 bridgehead atoms. The van der Waals surface area contributed by atoms with Crippen LogP contribution in [0.1, 0.15) is 37.8 Å². The van der Waals surface area contributed by atoms with Crippen molar-refractivity contribution in [1.82, 2.24) is 5.32 Å². The molecule has 3 amide bonds. The van der Waals surface area contributed by atoms with E-state index in [1.807, 2.05) is 12.1 Å². The van der Waals surface area contributed by atoms with E-state index in [4.69, 9.17) is 11.6 Å². The lowest BCUT2D eigenvalue weighted by molar-refractivity contribution is -0.120. The Bertz CT molecular complexity index is 865. The second-order valence-electron chi connectivity index (χ2n) is 6.75. The van der Waals surface area contributed by atoms with Crippen LogP contribution in [0, 0.1) is 0 Å². The Balaban J connectivity index is 1.64. The van der Waals surface area contributed by atoms with Gasteiger partial charge in [-0.3, -0.25) is 14.4 Å². The van der Waals surface area contributed by atoms with Crippen molar-refractivity contribution in [2.75, 3.05) is 16.8 Å². The van der Waals surface area contributed by atoms with Gasteiger partial charge in [0.1, 0.15) is 0 Å². The second-order valence-corrected chi connectivity index (χ2v) is 7.19. The lowest BCUT2D eigenvalue weighted by atomic mass is 10.0. The molecule has 2 aromatic rings. The number of carbonyl (C=O) groups is 3. The summed E-state index contributed by atoms with van der Waals surface area (Å²) in [5.41, 5.74) is 2.27. The highest BCUT2D eigenvalue weighted by Crippen LogP contribution is 2.24. The van der Waals surface area contributed by atoms with Gasteiger partial charge in [-0.05, 0) is 48.4 Å². The number of nitrogens with one attached hydrogen (secondary N) is 2. The molecule has 0 radical (unpaired) electrons. The highest BCUT2D eigenvalue weighted by molar-refractivity contribution is 6.30. The number of benzene rings is 2. The minimum Gasteiger partial charge on any atom is -0.349 e. The van der Waals surface area contributed by atoms with Crippen LogP contribution in [0.2, 0.25) is 5.02 Å². The Labute approximate surface area is 168 Å². The Morgan fingerprint density at radius 1 is 1.11 bits per heavy atom. The van der Waals surface area contributed by atoms with Crippen LogP contribution < -0.4 is 15.5 Å². The quantitative estimate of drug-likeness (QED) is 0.777. The maximum Gasteiger partial charge on any atom is 0.227 e. The van der Waals surface area contributed by atoms with Crippen molar-refractivity contribution in [2.24, 2.45) is 0 Å². The number of amides is 3. The van der Waals surface area contributed by atoms with E-state index in [-0.39, 0.29) is 24.1 Å². The molecule has 1 unspecified atom stereocenters. The summed E-state index contributed by atoms with van der Waals surface area (Å²) in [6.45, 7) is 2.14. The molecule has 1 fully saturated rings. The number of hydrogen-bond acceptors (Lipinski definition) is 3. The Morgan fingerprint density at radius 3 is 2.36 bits per heavy atom. The molecule has 0 spiro atoms. The molecule has 6 nitrogen and oxygen atoms in total. The van der Waals surface area contributed by atoms with Crippen LogP contribution in [0.3, 0.4) is 0 Å². The van der Waals surface area contributed by atoms with Crippen LogP contribution in [0.4, 0.5) is 11.4 Å². The molecular formula is C21H22ClN3O3. The molecule has 3 rings (SSSR count). The summed E-state index contributed by atoms with van der Waals surface area (Å²) in [4.78, 5) is 37.6. The van der Waals surface area contributed by atoms with Crippen molar-refractivity contribution < 1.29 is 14.4 Å². The third-order valence-electron chi connectivity index (χ3n) is 4.58. The van der Waals surface area contributed by atoms with Gasteiger partial charge in [-0.1, -0.05) is 23.7 Å². The Kier molecular flexibility index (Phi) is 6.31. The molecular weight excluding hydrogens is 378 g/mol. The summed E-state index contributed by atoms with van der Waals surface area (Å²) in [6.07, 6.45) is 1.54. The average molecular weight is 400 g/mol. The topological polar surface area (TPSA) is 78.5 Å². The molecule has 0 aliphatic carbocycles. The molecule has 1 saturated heterocycles. The van der Waals surface area contributed by atoms with E-state index in [1.165, 1.54) is 6.92 Å². The maximum atomic E-state index is 12.5. The minimum absolute atomic E-state index is 0.0908. The lowest BCUT2D eigenvalue weighted by Crippen LogP contribution is -2.29. The summed E-state index contributed by atoms with van der Waals surface area (Å²) in [7, 11) is 0. The predicted octanol–water partition coefficient (Wildman–Crippen LogP) is 3.67. The van der Waals surface area contributed by atoms with Crippen LogP contribution in [0.5, 0.6) is 0 Å². The van der Waals surface area contributed by atoms with E-state index in [0.29, 0.717) is 17.1 Å². The molecule has 1 aliphatic heterocycles. The molecule has 7 heteroatoms. The summed E-state index contributed by atoms with van der Waals surface area (Å²) < 4.78 is 0. The zero-order valence-corrected chi connectivity index (χ0v) is 16.3. The van der Waals surface area contributed by atoms with Gasteiger partial charge < -0.3 is 15.5 Å². The zero-order valence-electron chi connectivity index (χ0n) is 15.6. The molecule has 1 atom stereocenters. The number of nitrogens with zero attached hydrogens (tertiary/aromatic N) is 1. The number of anilines is 2. The monoisotopic (exact) mass is 399 g/mol. The van der Waals surface area contributed by atoms with E-state index in [9.17, 15) is 14.4 Å². The molecule has 2 aromatic carbocycles. The van der Waals surface area contributed by atoms with Gasteiger partial charge in [0.15, 0.2) is 0 Å². The van der Waals surface area contributed by atoms with Gasteiger partial charge in [0.05, 0.1) is 12.5 Å². The summed E-state index contributed by atoms with van der Waals surface area (Å²) >= 11 is 5.91. The summed E-state index contributed by atoms with van der Waals surface area (Å²) in [5, 5.41) is 6.22. The predicted molar refractivity (Wildman–Crippen MR) is 109 cm³/mol. The number of rotatable bonds is 6. The van der Waals surface area contributed by atoms with Crippen molar-refractivity contribution >= 4 is 40.7 Å². The summed E-state index contributed by atoms with van der Waals surface area (Å²) in [6, 6.07) is 13.8. The first-order chi connectivity index (χ1) is 13.4. The SMILES string of the molecule is CC(=O)NC(CC(=O)Nc1ccc(N2CCCC2=O)cc1)c1ccc(Cl)cc1. The van der Waals surface area contributed by atoms with Crippen molar-refractivity contribution in [3.63, 3.8) is 0 Å². The lowest BCUT2D eigenvalue weighted by Gasteiger charge is -2.19. The first-order valence-electron chi connectivity index (χ1n) is 9.15. The van der Waals surface area contributed by atoms with Crippen LogP contribution in [0.15, 0.2) is 48.5 Å². The fourth-order valence-corrected chi connectivity index (χ4v) is 3.36. The largest absolute Gasteiger partial charge is 0.349 e. The van der Waals surface area contributed by atoms with Gasteiger partial charge in [-0.15, -0.1) is 0 Å². The third kappa shape index (κ3) is 5.10. The molecule has 2 N–H and O–H groups in total. The van der Waals surface area contributed by atoms with Gasteiger partial charge in [0.25, 0.3) is 0 Å². The van der Waals surface area contributed by atoms with E-state index in [2.05, 4.69) is 10.6 Å². The molecule has 0 aromatic heterocycles. The minimum atomic E-state index is -0.448. The van der Waals surface area contributed by atoms with E-state index < -0.39 is 6.04 Å². The van der Waals surface area contributed by atoms with Gasteiger partial charge >= 0.3 is 0 Å². The van der Waals surface area contributed by atoms with Gasteiger partial charge in [-0.25, -0.2) is 0 Å². The highest BCUT2D eigenvalue weighted by Gasteiger charge is 2.21. The molecule has 1 aliphatic rings. The number of hydrogen-bond donors (Lipinski definition) is 2. The third-order valence-corrected chi connectivity index (χ3v) is 4.83. The van der Waals surface area contributed by atoms with Crippen molar-refractivity contribution in [2.45, 2.75) is 32.2 Å². The van der Waals surface area contributed by atoms with Gasteiger partial charge in [-0.2, -0.15) is 0 Å². The fraction of sp³-hybridized carbons (Fsp3) is 0.286. The number of carbonyl (C=O) groups excluding carboxylic acids is 3. The molecule has 0 saturated carbocycles. The normalized spacial score (nSPS) is 14.6. The van der Waals surface area contributed by atoms with Crippen molar-refractivity contribution in [3.05, 3.63) is 59.1 Å². The average Bonchev–Trinajstić information content (AvgIpc) is 3.08. The van der Waals surface area contributed by atoms with E-state index >= 15 is 0 Å². The van der Waals surface area contributed by atoms with Crippen LogP contribution in [-0.2, 0) is 14.4 Å². The van der Waals surface area contributed by atoms with Crippen molar-refractivity contribution in [1.29, 1.82) is 0 Å². The van der Waals surface area contributed by atoms with E-state index in [0.717, 1.165) is 24.2 Å². The van der Waals surface area contributed by atoms with Crippen LogP contribution in [-0.4, -0.2) is 24.3 Å². The summed E-state index contributed by atoms with van der Waals surface area (Å²) in [5.74, 6) is -0.316. The highest BCUT2D eigenvalue weighted by atomic mass is 35.5. The van der Waals surface area contributed by atoms with Crippen LogP contribution >= 0.6 is 11.6 Å². The molecule has 1 heterocycles.